The van der Waals surface area contributed by atoms with Crippen molar-refractivity contribution in [2.45, 2.75) is 18.9 Å². The number of benzene rings is 1. The van der Waals surface area contributed by atoms with Gasteiger partial charge in [0.25, 0.3) is 0 Å². The molecule has 2 N–H and O–H groups in total. The largest absolute Gasteiger partial charge is 0.495 e. The topological polar surface area (TPSA) is 51.0 Å². The molecule has 2 aliphatic heterocycles. The zero-order valence-corrected chi connectivity index (χ0v) is 12.8. The molecule has 0 unspecified atom stereocenters. The maximum Gasteiger partial charge on any atom is 0.143 e. The average molecular weight is 291 g/mol. The first kappa shape index (κ1) is 14.5. The zero-order chi connectivity index (χ0) is 14.7. The summed E-state index contributed by atoms with van der Waals surface area (Å²) in [4.78, 5) is 5.03. The van der Waals surface area contributed by atoms with Gasteiger partial charge in [0, 0.05) is 57.2 Å². The summed E-state index contributed by atoms with van der Waals surface area (Å²) in [7, 11) is 1.67. The maximum absolute atomic E-state index is 5.89. The summed E-state index contributed by atoms with van der Waals surface area (Å²) in [6, 6.07) is 6.77. The van der Waals surface area contributed by atoms with Crippen LogP contribution in [-0.4, -0.2) is 57.4 Å². The number of rotatable bonds is 3. The highest BCUT2D eigenvalue weighted by Crippen LogP contribution is 2.28. The van der Waals surface area contributed by atoms with Crippen LogP contribution >= 0.6 is 0 Å². The van der Waals surface area contributed by atoms with Crippen molar-refractivity contribution in [1.29, 1.82) is 0 Å². The van der Waals surface area contributed by atoms with Crippen LogP contribution in [0.1, 0.15) is 12.8 Å². The molecule has 0 amide bonds. The van der Waals surface area contributed by atoms with Crippen molar-refractivity contribution in [3.63, 3.8) is 0 Å². The Balaban J connectivity index is 1.60. The number of ether oxygens (including phenoxy) is 2. The third kappa shape index (κ3) is 3.24. The lowest BCUT2D eigenvalue weighted by atomic mass is 10.1. The van der Waals surface area contributed by atoms with E-state index < -0.39 is 0 Å². The number of anilines is 2. The maximum atomic E-state index is 5.89. The summed E-state index contributed by atoms with van der Waals surface area (Å²) in [6.07, 6.45) is 2.35. The summed E-state index contributed by atoms with van der Waals surface area (Å²) in [5.74, 6) is 0.763. The molecule has 2 fully saturated rings. The van der Waals surface area contributed by atoms with Crippen LogP contribution in [0.2, 0.25) is 0 Å². The minimum absolute atomic E-state index is 0.696. The Morgan fingerprint density at radius 2 is 1.86 bits per heavy atom. The van der Waals surface area contributed by atoms with Gasteiger partial charge in [0.15, 0.2) is 0 Å². The number of nitrogens with zero attached hydrogens (tertiary/aromatic N) is 2. The first-order valence-electron chi connectivity index (χ1n) is 7.78. The molecule has 3 rings (SSSR count). The Labute approximate surface area is 126 Å². The van der Waals surface area contributed by atoms with Crippen molar-refractivity contribution in [2.75, 3.05) is 57.1 Å². The van der Waals surface area contributed by atoms with Crippen molar-refractivity contribution in [2.24, 2.45) is 0 Å². The Bertz CT molecular complexity index is 467. The third-order valence-electron chi connectivity index (χ3n) is 4.60. The summed E-state index contributed by atoms with van der Waals surface area (Å²) >= 11 is 0. The fourth-order valence-corrected chi connectivity index (χ4v) is 3.29. The smallest absolute Gasteiger partial charge is 0.143 e. The minimum atomic E-state index is 0.696. The summed E-state index contributed by atoms with van der Waals surface area (Å²) < 4.78 is 10.8. The number of methoxy groups -OCH3 is 1. The zero-order valence-electron chi connectivity index (χ0n) is 12.8. The molecule has 0 spiro atoms. The van der Waals surface area contributed by atoms with Crippen LogP contribution in [-0.2, 0) is 4.74 Å². The van der Waals surface area contributed by atoms with E-state index in [1.165, 1.54) is 18.5 Å². The van der Waals surface area contributed by atoms with E-state index in [2.05, 4.69) is 15.9 Å². The summed E-state index contributed by atoms with van der Waals surface area (Å²) in [6.45, 7) is 6.20. The van der Waals surface area contributed by atoms with Crippen LogP contribution in [0.25, 0.3) is 0 Å². The third-order valence-corrected chi connectivity index (χ3v) is 4.60. The standard InChI is InChI=1S/C16H25N3O2/c1-20-16-12-14(2-3-15(16)17)19-8-6-18(7-9-19)13-4-10-21-11-5-13/h2-3,12-13H,4-11,17H2,1H3. The number of piperazine rings is 1. The SMILES string of the molecule is COc1cc(N2CCN(C3CCOCC3)CC2)ccc1N. The second kappa shape index (κ2) is 6.54. The molecule has 0 radical (unpaired) electrons. The van der Waals surface area contributed by atoms with Crippen molar-refractivity contribution in [3.05, 3.63) is 18.2 Å². The Hall–Kier alpha value is -1.46. The molecule has 0 saturated carbocycles. The Morgan fingerprint density at radius 3 is 2.52 bits per heavy atom. The highest BCUT2D eigenvalue weighted by molar-refractivity contribution is 5.62. The molecule has 2 heterocycles. The van der Waals surface area contributed by atoms with Crippen LogP contribution in [0.5, 0.6) is 5.75 Å². The molecule has 0 aliphatic carbocycles. The highest BCUT2D eigenvalue weighted by atomic mass is 16.5. The molecule has 116 valence electrons. The summed E-state index contributed by atoms with van der Waals surface area (Å²) in [5.41, 5.74) is 7.78. The molecule has 0 bridgehead atoms. The average Bonchev–Trinajstić information content (AvgIpc) is 2.56. The molecule has 2 saturated heterocycles. The van der Waals surface area contributed by atoms with Gasteiger partial charge in [-0.1, -0.05) is 0 Å². The van der Waals surface area contributed by atoms with Gasteiger partial charge in [-0.25, -0.2) is 0 Å². The Morgan fingerprint density at radius 1 is 1.14 bits per heavy atom. The molecular weight excluding hydrogens is 266 g/mol. The first-order valence-corrected chi connectivity index (χ1v) is 7.78. The van der Waals surface area contributed by atoms with E-state index in [0.29, 0.717) is 11.7 Å². The van der Waals surface area contributed by atoms with Crippen molar-refractivity contribution in [1.82, 2.24) is 4.90 Å². The molecule has 5 nitrogen and oxygen atoms in total. The highest BCUT2D eigenvalue weighted by Gasteiger charge is 2.25. The van der Waals surface area contributed by atoms with Gasteiger partial charge in [-0.3, -0.25) is 4.90 Å². The molecular formula is C16H25N3O2. The van der Waals surface area contributed by atoms with Crippen LogP contribution in [0, 0.1) is 0 Å². The van der Waals surface area contributed by atoms with Gasteiger partial charge in [-0.05, 0) is 25.0 Å². The number of nitrogens with two attached hydrogens (primary N) is 1. The lowest BCUT2D eigenvalue weighted by Gasteiger charge is -2.41. The van der Waals surface area contributed by atoms with Crippen molar-refractivity contribution >= 4 is 11.4 Å². The normalized spacial score (nSPS) is 21.5. The van der Waals surface area contributed by atoms with E-state index in [-0.39, 0.29) is 0 Å². The fourth-order valence-electron chi connectivity index (χ4n) is 3.29. The fraction of sp³-hybridized carbons (Fsp3) is 0.625. The van der Waals surface area contributed by atoms with Crippen molar-refractivity contribution < 1.29 is 9.47 Å². The van der Waals surface area contributed by atoms with Gasteiger partial charge in [-0.2, -0.15) is 0 Å². The molecule has 2 aliphatic rings. The molecule has 1 aromatic rings. The second-order valence-corrected chi connectivity index (χ2v) is 5.79. The molecule has 21 heavy (non-hydrogen) atoms. The van der Waals surface area contributed by atoms with Gasteiger partial charge in [0.05, 0.1) is 12.8 Å². The van der Waals surface area contributed by atoms with Crippen LogP contribution in [0.15, 0.2) is 18.2 Å². The lowest BCUT2D eigenvalue weighted by molar-refractivity contribution is 0.0321. The van der Waals surface area contributed by atoms with E-state index in [4.69, 9.17) is 15.2 Å². The molecule has 0 atom stereocenters. The molecule has 0 aromatic heterocycles. The second-order valence-electron chi connectivity index (χ2n) is 5.79. The van der Waals surface area contributed by atoms with E-state index in [0.717, 1.165) is 45.1 Å². The van der Waals surface area contributed by atoms with E-state index >= 15 is 0 Å². The van der Waals surface area contributed by atoms with E-state index in [9.17, 15) is 0 Å². The van der Waals surface area contributed by atoms with E-state index in [1.54, 1.807) is 7.11 Å². The van der Waals surface area contributed by atoms with E-state index in [1.807, 2.05) is 12.1 Å². The predicted octanol–water partition coefficient (Wildman–Crippen LogP) is 1.58. The van der Waals surface area contributed by atoms with Crippen LogP contribution in [0.4, 0.5) is 11.4 Å². The van der Waals surface area contributed by atoms with Crippen molar-refractivity contribution in [3.8, 4) is 5.75 Å². The quantitative estimate of drug-likeness (QED) is 0.857. The molecule has 5 heteroatoms. The number of hydrogen-bond acceptors (Lipinski definition) is 5. The van der Waals surface area contributed by atoms with Crippen LogP contribution in [0.3, 0.4) is 0 Å². The van der Waals surface area contributed by atoms with Gasteiger partial charge >= 0.3 is 0 Å². The lowest BCUT2D eigenvalue weighted by Crippen LogP contribution is -2.51. The Kier molecular flexibility index (Phi) is 4.51. The minimum Gasteiger partial charge on any atom is -0.495 e. The predicted molar refractivity (Wildman–Crippen MR) is 85.0 cm³/mol. The van der Waals surface area contributed by atoms with Gasteiger partial charge in [0.1, 0.15) is 5.75 Å². The number of hydrogen-bond donors (Lipinski definition) is 1. The monoisotopic (exact) mass is 291 g/mol. The number of nitrogen functional groups attached to an aromatic ring is 1. The van der Waals surface area contributed by atoms with Gasteiger partial charge in [-0.15, -0.1) is 0 Å². The van der Waals surface area contributed by atoms with Gasteiger partial charge < -0.3 is 20.1 Å². The summed E-state index contributed by atoms with van der Waals surface area (Å²) in [5, 5.41) is 0. The first-order chi connectivity index (χ1) is 10.3. The van der Waals surface area contributed by atoms with Crippen LogP contribution < -0.4 is 15.4 Å². The molecule has 1 aromatic carbocycles. The van der Waals surface area contributed by atoms with Gasteiger partial charge in [0.2, 0.25) is 0 Å².